The summed E-state index contributed by atoms with van der Waals surface area (Å²) in [6.07, 6.45) is 0.372. The topological polar surface area (TPSA) is 127 Å². The Morgan fingerprint density at radius 2 is 1.70 bits per heavy atom. The highest BCUT2D eigenvalue weighted by molar-refractivity contribution is 7.89. The van der Waals surface area contributed by atoms with Crippen LogP contribution in [-0.4, -0.2) is 49.7 Å². The number of ether oxygens (including phenoxy) is 1. The number of sulfonamides is 1. The molecule has 0 saturated carbocycles. The number of carbonyl (C=O) groups is 3. The summed E-state index contributed by atoms with van der Waals surface area (Å²) >= 11 is 0. The molecule has 1 unspecified atom stereocenters. The maximum atomic E-state index is 13.5. The second-order valence-corrected chi connectivity index (χ2v) is 9.96. The zero-order valence-corrected chi connectivity index (χ0v) is 19.8. The quantitative estimate of drug-likeness (QED) is 0.615. The van der Waals surface area contributed by atoms with E-state index in [1.807, 2.05) is 20.8 Å². The molecule has 1 fully saturated rings. The third-order valence-corrected chi connectivity index (χ3v) is 6.86. The number of methoxy groups -OCH3 is 1. The first-order chi connectivity index (χ1) is 15.4. The molecule has 2 aromatic rings. The van der Waals surface area contributed by atoms with Crippen molar-refractivity contribution in [1.82, 2.24) is 4.90 Å². The van der Waals surface area contributed by atoms with E-state index in [2.05, 4.69) is 0 Å². The number of rotatable bonds is 7. The van der Waals surface area contributed by atoms with Crippen LogP contribution in [-0.2, 0) is 19.6 Å². The highest BCUT2D eigenvalue weighted by atomic mass is 32.2. The van der Waals surface area contributed by atoms with Gasteiger partial charge in [-0.15, -0.1) is 0 Å². The van der Waals surface area contributed by atoms with Crippen molar-refractivity contribution in [2.24, 2.45) is 5.14 Å². The minimum atomic E-state index is -3.91. The number of amides is 3. The second kappa shape index (κ2) is 8.95. The number of carbonyl (C=O) groups excluding carboxylic acids is 3. The van der Waals surface area contributed by atoms with Crippen molar-refractivity contribution < 1.29 is 27.5 Å². The number of hydrogen-bond donors (Lipinski definition) is 1. The fourth-order valence-electron chi connectivity index (χ4n) is 3.76. The number of benzene rings is 2. The molecule has 0 bridgehead atoms. The number of hydrogen-bond acceptors (Lipinski definition) is 6. The van der Waals surface area contributed by atoms with Crippen molar-refractivity contribution in [3.05, 3.63) is 54.1 Å². The Morgan fingerprint density at radius 3 is 2.18 bits per heavy atom. The van der Waals surface area contributed by atoms with Crippen molar-refractivity contribution in [3.63, 3.8) is 0 Å². The number of anilines is 1. The van der Waals surface area contributed by atoms with E-state index in [9.17, 15) is 22.8 Å². The third-order valence-electron chi connectivity index (χ3n) is 5.93. The standard InChI is InChI=1S/C23H27N3O6S/c1-5-23(2,3)26(21(28)15-6-10-17(32-4)11-7-15)19-14-20(27)25(22(19)29)16-8-12-18(13-9-16)33(24,30)31/h6-13,19H,5,14H2,1-4H3,(H2,24,30,31). The van der Waals surface area contributed by atoms with Crippen LogP contribution in [0.15, 0.2) is 53.4 Å². The molecule has 1 atom stereocenters. The lowest BCUT2D eigenvalue weighted by Gasteiger charge is -2.41. The van der Waals surface area contributed by atoms with Crippen LogP contribution >= 0.6 is 0 Å². The molecule has 3 rings (SSSR count). The Morgan fingerprint density at radius 1 is 1.12 bits per heavy atom. The first-order valence-corrected chi connectivity index (χ1v) is 11.9. The molecule has 0 radical (unpaired) electrons. The molecule has 0 spiro atoms. The first kappa shape index (κ1) is 24.4. The van der Waals surface area contributed by atoms with Crippen molar-refractivity contribution in [2.75, 3.05) is 12.0 Å². The van der Waals surface area contributed by atoms with Gasteiger partial charge in [-0.05, 0) is 68.8 Å². The SMILES string of the molecule is CCC(C)(C)N(C(=O)c1ccc(OC)cc1)C1CC(=O)N(c2ccc(S(N)(=O)=O)cc2)C1=O. The van der Waals surface area contributed by atoms with Crippen molar-refractivity contribution in [2.45, 2.75) is 50.1 Å². The van der Waals surface area contributed by atoms with Gasteiger partial charge in [0, 0.05) is 11.1 Å². The zero-order valence-electron chi connectivity index (χ0n) is 18.9. The molecule has 10 heteroatoms. The number of nitrogens with zero attached hydrogens (tertiary/aromatic N) is 2. The summed E-state index contributed by atoms with van der Waals surface area (Å²) in [5, 5.41) is 5.12. The molecule has 1 heterocycles. The van der Waals surface area contributed by atoms with Crippen molar-refractivity contribution in [1.29, 1.82) is 0 Å². The van der Waals surface area contributed by atoms with Crippen molar-refractivity contribution in [3.8, 4) is 5.75 Å². The molecule has 9 nitrogen and oxygen atoms in total. The van der Waals surface area contributed by atoms with E-state index in [0.717, 1.165) is 4.90 Å². The number of imide groups is 1. The average molecular weight is 474 g/mol. The predicted octanol–water partition coefficient (Wildman–Crippen LogP) is 2.31. The molecule has 3 amide bonds. The molecule has 2 N–H and O–H groups in total. The lowest BCUT2D eigenvalue weighted by molar-refractivity contribution is -0.123. The lowest BCUT2D eigenvalue weighted by atomic mass is 9.94. The smallest absolute Gasteiger partial charge is 0.257 e. The fourth-order valence-corrected chi connectivity index (χ4v) is 4.27. The van der Waals surface area contributed by atoms with Gasteiger partial charge >= 0.3 is 0 Å². The Balaban J connectivity index is 1.97. The van der Waals surface area contributed by atoms with Crippen molar-refractivity contribution >= 4 is 33.4 Å². The van der Waals surface area contributed by atoms with Crippen LogP contribution in [0.3, 0.4) is 0 Å². The summed E-state index contributed by atoms with van der Waals surface area (Å²) in [5.41, 5.74) is -0.134. The van der Waals surface area contributed by atoms with Gasteiger partial charge in [0.05, 0.1) is 24.1 Å². The summed E-state index contributed by atoms with van der Waals surface area (Å²) in [6.45, 7) is 5.59. The molecule has 1 aliphatic rings. The number of primary sulfonamides is 1. The van der Waals surface area contributed by atoms with Gasteiger partial charge in [0.2, 0.25) is 15.9 Å². The molecule has 2 aromatic carbocycles. The van der Waals surface area contributed by atoms with Gasteiger partial charge in [0.15, 0.2) is 0 Å². The van der Waals surface area contributed by atoms with E-state index in [-0.39, 0.29) is 22.9 Å². The summed E-state index contributed by atoms with van der Waals surface area (Å²) in [4.78, 5) is 42.1. The summed E-state index contributed by atoms with van der Waals surface area (Å²) in [6, 6.07) is 10.7. The molecule has 176 valence electrons. The van der Waals surface area contributed by atoms with Gasteiger partial charge in [-0.1, -0.05) is 6.92 Å². The van der Waals surface area contributed by atoms with Crippen LogP contribution in [0, 0.1) is 0 Å². The Labute approximate surface area is 193 Å². The maximum Gasteiger partial charge on any atom is 0.257 e. The number of nitrogens with two attached hydrogens (primary N) is 1. The molecule has 0 aromatic heterocycles. The van der Waals surface area contributed by atoms with E-state index in [4.69, 9.17) is 9.88 Å². The largest absolute Gasteiger partial charge is 0.497 e. The van der Waals surface area contributed by atoms with E-state index in [0.29, 0.717) is 17.7 Å². The molecule has 1 aliphatic heterocycles. The molecule has 0 aliphatic carbocycles. The van der Waals surface area contributed by atoms with Crippen LogP contribution in [0.25, 0.3) is 0 Å². The summed E-state index contributed by atoms with van der Waals surface area (Å²) in [5.74, 6) is -0.810. The van der Waals surface area contributed by atoms with Gasteiger partial charge in [-0.25, -0.2) is 18.5 Å². The molecule has 33 heavy (non-hydrogen) atoms. The maximum absolute atomic E-state index is 13.5. The van der Waals surface area contributed by atoms with E-state index in [1.54, 1.807) is 24.3 Å². The fraction of sp³-hybridized carbons (Fsp3) is 0.348. The van der Waals surface area contributed by atoms with Crippen LogP contribution in [0.5, 0.6) is 5.75 Å². The minimum Gasteiger partial charge on any atom is -0.497 e. The Bertz CT molecular complexity index is 1170. The monoisotopic (exact) mass is 473 g/mol. The van der Waals surface area contributed by atoms with Crippen LogP contribution in [0.4, 0.5) is 5.69 Å². The van der Waals surface area contributed by atoms with Gasteiger partial charge in [0.25, 0.3) is 11.8 Å². The molecule has 1 saturated heterocycles. The first-order valence-electron chi connectivity index (χ1n) is 10.4. The summed E-state index contributed by atoms with van der Waals surface area (Å²) in [7, 11) is -2.39. The average Bonchev–Trinajstić information content (AvgIpc) is 3.06. The van der Waals surface area contributed by atoms with Gasteiger partial charge in [-0.3, -0.25) is 14.4 Å². The Kier molecular flexibility index (Phi) is 6.62. The zero-order chi connectivity index (χ0) is 24.6. The Hall–Kier alpha value is -3.24. The highest BCUT2D eigenvalue weighted by Gasteiger charge is 2.48. The second-order valence-electron chi connectivity index (χ2n) is 8.40. The van der Waals surface area contributed by atoms with E-state index < -0.39 is 33.4 Å². The van der Waals surface area contributed by atoms with Gasteiger partial charge < -0.3 is 9.64 Å². The lowest BCUT2D eigenvalue weighted by Crippen LogP contribution is -2.55. The normalized spacial score (nSPS) is 16.8. The van der Waals surface area contributed by atoms with Gasteiger partial charge in [-0.2, -0.15) is 0 Å². The summed E-state index contributed by atoms with van der Waals surface area (Å²) < 4.78 is 28.2. The molecular formula is C23H27N3O6S. The predicted molar refractivity (Wildman–Crippen MR) is 122 cm³/mol. The van der Waals surface area contributed by atoms with E-state index in [1.165, 1.54) is 36.3 Å². The van der Waals surface area contributed by atoms with E-state index >= 15 is 0 Å². The third kappa shape index (κ3) is 4.76. The highest BCUT2D eigenvalue weighted by Crippen LogP contribution is 2.33. The molecular weight excluding hydrogens is 446 g/mol. The van der Waals surface area contributed by atoms with Crippen LogP contribution < -0.4 is 14.8 Å². The van der Waals surface area contributed by atoms with Crippen LogP contribution in [0.1, 0.15) is 44.0 Å². The minimum absolute atomic E-state index is 0.134. The van der Waals surface area contributed by atoms with Crippen LogP contribution in [0.2, 0.25) is 0 Å². The van der Waals surface area contributed by atoms with Gasteiger partial charge in [0.1, 0.15) is 11.8 Å².